The summed E-state index contributed by atoms with van der Waals surface area (Å²) in [7, 11) is 0. The highest BCUT2D eigenvalue weighted by atomic mass is 16.2. The Labute approximate surface area is 165 Å². The fourth-order valence-electron chi connectivity index (χ4n) is 2.83. The number of carbonyl (C=O) groups excluding carboxylic acids is 2. The molecule has 0 spiro atoms. The number of carbonyl (C=O) groups is 2. The number of anilines is 1. The van der Waals surface area contributed by atoms with Crippen molar-refractivity contribution in [1.82, 2.24) is 10.4 Å². The molecule has 0 atom stereocenters. The number of nitrogens with zero attached hydrogens (tertiary/aromatic N) is 3. The lowest BCUT2D eigenvalue weighted by Gasteiger charge is -2.26. The van der Waals surface area contributed by atoms with Crippen LogP contribution in [-0.4, -0.2) is 28.6 Å². The van der Waals surface area contributed by atoms with Gasteiger partial charge in [-0.2, -0.15) is 10.1 Å². The van der Waals surface area contributed by atoms with Gasteiger partial charge in [0.05, 0.1) is 23.4 Å². The molecule has 1 aliphatic heterocycles. The van der Waals surface area contributed by atoms with Gasteiger partial charge in [-0.05, 0) is 38.5 Å². The highest BCUT2D eigenvalue weighted by Gasteiger charge is 2.29. The van der Waals surface area contributed by atoms with Gasteiger partial charge in [0.15, 0.2) is 0 Å². The monoisotopic (exact) mass is 376 g/mol. The van der Waals surface area contributed by atoms with Crippen molar-refractivity contribution >= 4 is 23.2 Å². The molecule has 0 radical (unpaired) electrons. The Morgan fingerprint density at radius 3 is 2.32 bits per heavy atom. The summed E-state index contributed by atoms with van der Waals surface area (Å²) in [5.41, 5.74) is 5.58. The normalized spacial score (nSPS) is 15.1. The third-order valence-electron chi connectivity index (χ3n) is 4.35. The van der Waals surface area contributed by atoms with Crippen molar-refractivity contribution in [1.29, 1.82) is 0 Å². The van der Waals surface area contributed by atoms with Crippen LogP contribution in [-0.2, 0) is 16.0 Å². The van der Waals surface area contributed by atoms with Crippen molar-refractivity contribution in [2.75, 3.05) is 5.01 Å². The highest BCUT2D eigenvalue weighted by Crippen LogP contribution is 2.23. The molecule has 1 aliphatic rings. The van der Waals surface area contributed by atoms with Gasteiger partial charge >= 0.3 is 0 Å². The molecule has 1 heterocycles. The number of hydrazine groups is 1. The van der Waals surface area contributed by atoms with E-state index in [1.807, 2.05) is 74.5 Å². The zero-order chi connectivity index (χ0) is 20.1. The maximum atomic E-state index is 12.9. The fraction of sp³-hybridized carbons (Fsp3) is 0.227. The maximum Gasteiger partial charge on any atom is 0.282 e. The molecule has 0 unspecified atom stereocenters. The van der Waals surface area contributed by atoms with E-state index in [1.54, 1.807) is 18.1 Å². The van der Waals surface area contributed by atoms with Gasteiger partial charge in [-0.25, -0.2) is 0 Å². The number of benzene rings is 2. The SMILES string of the molecule is CC1=NN(c2ccccc2)C(=O)/C1=C\N(NC(=O)Cc1ccccc1)C(C)C. The second kappa shape index (κ2) is 8.52. The molecule has 0 aliphatic carbocycles. The van der Waals surface area contributed by atoms with Crippen LogP contribution >= 0.6 is 0 Å². The van der Waals surface area contributed by atoms with E-state index in [9.17, 15) is 9.59 Å². The smallest absolute Gasteiger partial charge is 0.282 e. The minimum absolute atomic E-state index is 0.0291. The van der Waals surface area contributed by atoms with Crippen molar-refractivity contribution in [3.63, 3.8) is 0 Å². The zero-order valence-corrected chi connectivity index (χ0v) is 16.3. The van der Waals surface area contributed by atoms with Gasteiger partial charge in [0.25, 0.3) is 5.91 Å². The van der Waals surface area contributed by atoms with E-state index in [0.717, 1.165) is 5.56 Å². The number of hydrogen-bond acceptors (Lipinski definition) is 4. The topological polar surface area (TPSA) is 65.0 Å². The van der Waals surface area contributed by atoms with E-state index in [0.29, 0.717) is 17.0 Å². The van der Waals surface area contributed by atoms with Crippen molar-refractivity contribution in [3.8, 4) is 0 Å². The average molecular weight is 376 g/mol. The van der Waals surface area contributed by atoms with E-state index in [2.05, 4.69) is 10.5 Å². The number of amides is 2. The molecular weight excluding hydrogens is 352 g/mol. The van der Waals surface area contributed by atoms with Gasteiger partial charge in [0.1, 0.15) is 0 Å². The average Bonchev–Trinajstić information content (AvgIpc) is 2.97. The molecule has 2 amide bonds. The first-order valence-corrected chi connectivity index (χ1v) is 9.24. The van der Waals surface area contributed by atoms with Crippen LogP contribution in [0.3, 0.4) is 0 Å². The molecule has 28 heavy (non-hydrogen) atoms. The van der Waals surface area contributed by atoms with Gasteiger partial charge in [-0.1, -0.05) is 48.5 Å². The number of hydrogen-bond donors (Lipinski definition) is 1. The van der Waals surface area contributed by atoms with Gasteiger partial charge in [-0.3, -0.25) is 20.0 Å². The van der Waals surface area contributed by atoms with Crippen LogP contribution in [0.15, 0.2) is 77.5 Å². The summed E-state index contributed by atoms with van der Waals surface area (Å²) in [4.78, 5) is 25.3. The van der Waals surface area contributed by atoms with Crippen molar-refractivity contribution in [2.24, 2.45) is 5.10 Å². The molecule has 1 N–H and O–H groups in total. The third-order valence-corrected chi connectivity index (χ3v) is 4.35. The summed E-state index contributed by atoms with van der Waals surface area (Å²) in [6.07, 6.45) is 1.93. The molecule has 0 aromatic heterocycles. The first-order chi connectivity index (χ1) is 13.5. The summed E-state index contributed by atoms with van der Waals surface area (Å²) >= 11 is 0. The maximum absolute atomic E-state index is 12.9. The lowest BCUT2D eigenvalue weighted by molar-refractivity contribution is -0.125. The van der Waals surface area contributed by atoms with Gasteiger partial charge in [-0.15, -0.1) is 0 Å². The molecule has 0 saturated carbocycles. The van der Waals surface area contributed by atoms with E-state index in [1.165, 1.54) is 5.01 Å². The van der Waals surface area contributed by atoms with Gasteiger partial charge in [0, 0.05) is 12.2 Å². The fourth-order valence-corrected chi connectivity index (χ4v) is 2.83. The zero-order valence-electron chi connectivity index (χ0n) is 16.3. The largest absolute Gasteiger partial charge is 0.289 e. The lowest BCUT2D eigenvalue weighted by Crippen LogP contribution is -2.44. The number of nitrogens with one attached hydrogen (secondary N) is 1. The van der Waals surface area contributed by atoms with Crippen LogP contribution in [0.1, 0.15) is 26.3 Å². The van der Waals surface area contributed by atoms with Gasteiger partial charge < -0.3 is 0 Å². The van der Waals surface area contributed by atoms with Crippen molar-refractivity contribution in [3.05, 3.63) is 78.0 Å². The number of rotatable bonds is 6. The molecule has 0 saturated heterocycles. The second-order valence-corrected chi connectivity index (χ2v) is 6.88. The van der Waals surface area contributed by atoms with Crippen molar-refractivity contribution < 1.29 is 9.59 Å². The highest BCUT2D eigenvalue weighted by molar-refractivity contribution is 6.29. The molecule has 3 rings (SSSR count). The van der Waals surface area contributed by atoms with Crippen LogP contribution in [0.25, 0.3) is 0 Å². The Bertz CT molecular complexity index is 905. The van der Waals surface area contributed by atoms with Gasteiger partial charge in [0.2, 0.25) is 5.91 Å². The summed E-state index contributed by atoms with van der Waals surface area (Å²) in [6.45, 7) is 5.68. The standard InChI is InChI=1S/C22H24N4O2/c1-16(2)25(24-21(27)14-18-10-6-4-7-11-18)15-20-17(3)23-26(22(20)28)19-12-8-5-9-13-19/h4-13,15-16H,14H2,1-3H3,(H,24,27)/b20-15-. The van der Waals surface area contributed by atoms with E-state index in [-0.39, 0.29) is 24.3 Å². The van der Waals surface area contributed by atoms with E-state index in [4.69, 9.17) is 0 Å². The lowest BCUT2D eigenvalue weighted by atomic mass is 10.1. The molecule has 2 aromatic carbocycles. The third kappa shape index (κ3) is 4.46. The molecule has 2 aromatic rings. The minimum atomic E-state index is -0.216. The first-order valence-electron chi connectivity index (χ1n) is 9.24. The number of hydrazone groups is 1. The molecule has 0 bridgehead atoms. The predicted octanol–water partition coefficient (Wildman–Crippen LogP) is 3.28. The van der Waals surface area contributed by atoms with Crippen LogP contribution in [0.2, 0.25) is 0 Å². The quantitative estimate of drug-likeness (QED) is 0.622. The van der Waals surface area contributed by atoms with Crippen LogP contribution in [0.4, 0.5) is 5.69 Å². The Balaban J connectivity index is 1.76. The second-order valence-electron chi connectivity index (χ2n) is 6.88. The summed E-state index contributed by atoms with van der Waals surface area (Å²) < 4.78 is 0. The molecule has 144 valence electrons. The first kappa shape index (κ1) is 19.4. The molecular formula is C22H24N4O2. The number of para-hydroxylation sites is 1. The Hall–Kier alpha value is -3.41. The Kier molecular flexibility index (Phi) is 5.89. The minimum Gasteiger partial charge on any atom is -0.289 e. The predicted molar refractivity (Wildman–Crippen MR) is 110 cm³/mol. The van der Waals surface area contributed by atoms with Crippen LogP contribution < -0.4 is 10.4 Å². The van der Waals surface area contributed by atoms with Crippen LogP contribution in [0, 0.1) is 0 Å². The van der Waals surface area contributed by atoms with E-state index < -0.39 is 0 Å². The Morgan fingerprint density at radius 2 is 1.71 bits per heavy atom. The van der Waals surface area contributed by atoms with Crippen LogP contribution in [0.5, 0.6) is 0 Å². The van der Waals surface area contributed by atoms with E-state index >= 15 is 0 Å². The summed E-state index contributed by atoms with van der Waals surface area (Å²) in [5, 5.41) is 7.41. The summed E-state index contributed by atoms with van der Waals surface area (Å²) in [6, 6.07) is 18.8. The van der Waals surface area contributed by atoms with Crippen molar-refractivity contribution in [2.45, 2.75) is 33.2 Å². The molecule has 6 nitrogen and oxygen atoms in total. The molecule has 0 fully saturated rings. The molecule has 6 heteroatoms. The Morgan fingerprint density at radius 1 is 1.11 bits per heavy atom. The summed E-state index contributed by atoms with van der Waals surface area (Å²) in [5.74, 6) is -0.358.